The zero-order chi connectivity index (χ0) is 28.3. The number of carbonyl (C=O) groups excluding carboxylic acids is 3. The van der Waals surface area contributed by atoms with Gasteiger partial charge in [0.15, 0.2) is 11.6 Å². The van der Waals surface area contributed by atoms with Crippen molar-refractivity contribution in [3.05, 3.63) is 136 Å². The highest BCUT2D eigenvalue weighted by atomic mass is 35.5. The van der Waals surface area contributed by atoms with Gasteiger partial charge < -0.3 is 15.0 Å². The number of hydrogen-bond donors (Lipinski definition) is 1. The van der Waals surface area contributed by atoms with E-state index in [1.807, 2.05) is 65.7 Å². The highest BCUT2D eigenvalue weighted by molar-refractivity contribution is 6.34. The predicted octanol–water partition coefficient (Wildman–Crippen LogP) is 6.33. The number of amides is 1. The summed E-state index contributed by atoms with van der Waals surface area (Å²) >= 11 is 6.59. The number of Topliss-reactive ketones (excluding diaryl/α,β-unsaturated/α-hetero) is 2. The Morgan fingerprint density at radius 2 is 1.59 bits per heavy atom. The molecule has 41 heavy (non-hydrogen) atoms. The molecule has 3 aliphatic heterocycles. The Labute approximate surface area is 242 Å². The van der Waals surface area contributed by atoms with Crippen molar-refractivity contribution in [3.8, 4) is 5.75 Å². The number of ketones is 2. The molecule has 0 saturated carbocycles. The predicted molar refractivity (Wildman–Crippen MR) is 157 cm³/mol. The van der Waals surface area contributed by atoms with Crippen molar-refractivity contribution < 1.29 is 19.1 Å². The van der Waals surface area contributed by atoms with E-state index >= 15 is 0 Å². The number of fused-ring (bicyclic) bond motifs is 6. The zero-order valence-corrected chi connectivity index (χ0v) is 22.8. The number of para-hydroxylation sites is 1. The van der Waals surface area contributed by atoms with E-state index in [0.717, 1.165) is 11.1 Å². The third-order valence-electron chi connectivity index (χ3n) is 8.64. The maximum Gasteiger partial charge on any atom is 0.238 e. The van der Waals surface area contributed by atoms with Gasteiger partial charge >= 0.3 is 0 Å². The summed E-state index contributed by atoms with van der Waals surface area (Å²) in [6, 6.07) is 27.3. The molecular formula is C34H25ClN2O4. The smallest absolute Gasteiger partial charge is 0.238 e. The number of anilines is 1. The number of carbonyl (C=O) groups is 3. The van der Waals surface area contributed by atoms with E-state index in [-0.39, 0.29) is 28.1 Å². The molecule has 4 aromatic carbocycles. The number of benzene rings is 4. The molecule has 4 aromatic rings. The van der Waals surface area contributed by atoms with Gasteiger partial charge in [0.2, 0.25) is 5.91 Å². The zero-order valence-electron chi connectivity index (χ0n) is 22.1. The summed E-state index contributed by atoms with van der Waals surface area (Å²) in [6.45, 7) is 0. The van der Waals surface area contributed by atoms with Crippen LogP contribution in [0, 0.1) is 5.92 Å². The normalized spacial score (nSPS) is 23.5. The number of nitrogens with one attached hydrogen (secondary N) is 1. The summed E-state index contributed by atoms with van der Waals surface area (Å²) in [5, 5.41) is 3.33. The van der Waals surface area contributed by atoms with Crippen molar-refractivity contribution in [1.82, 2.24) is 4.90 Å². The van der Waals surface area contributed by atoms with E-state index in [1.54, 1.807) is 55.6 Å². The van der Waals surface area contributed by atoms with Crippen LogP contribution in [-0.2, 0) is 10.2 Å². The van der Waals surface area contributed by atoms with Crippen molar-refractivity contribution in [2.45, 2.75) is 17.5 Å². The largest absolute Gasteiger partial charge is 0.497 e. The van der Waals surface area contributed by atoms with E-state index in [9.17, 15) is 14.4 Å². The van der Waals surface area contributed by atoms with Gasteiger partial charge in [0.1, 0.15) is 17.2 Å². The number of hydrogen-bond acceptors (Lipinski definition) is 5. The first-order chi connectivity index (χ1) is 20.0. The van der Waals surface area contributed by atoms with Gasteiger partial charge in [-0.1, -0.05) is 66.2 Å². The molecule has 1 spiro atoms. The van der Waals surface area contributed by atoms with Gasteiger partial charge in [0, 0.05) is 23.0 Å². The lowest BCUT2D eigenvalue weighted by atomic mass is 9.62. The summed E-state index contributed by atoms with van der Waals surface area (Å²) in [6.07, 6.45) is 3.80. The lowest BCUT2D eigenvalue weighted by molar-refractivity contribution is -0.122. The third-order valence-corrected chi connectivity index (χ3v) is 8.96. The molecule has 202 valence electrons. The monoisotopic (exact) mass is 560 g/mol. The first-order valence-corrected chi connectivity index (χ1v) is 13.8. The number of methoxy groups -OCH3 is 1. The van der Waals surface area contributed by atoms with Crippen molar-refractivity contribution >= 4 is 40.8 Å². The second-order valence-electron chi connectivity index (χ2n) is 10.5. The summed E-state index contributed by atoms with van der Waals surface area (Å²) in [5.41, 5.74) is 2.44. The van der Waals surface area contributed by atoms with Crippen molar-refractivity contribution in [1.29, 1.82) is 0 Å². The highest BCUT2D eigenvalue weighted by Crippen LogP contribution is 2.62. The van der Waals surface area contributed by atoms with Crippen LogP contribution in [0.1, 0.15) is 43.4 Å². The first-order valence-electron chi connectivity index (χ1n) is 13.4. The van der Waals surface area contributed by atoms with Gasteiger partial charge in [0.25, 0.3) is 0 Å². The van der Waals surface area contributed by atoms with E-state index in [4.69, 9.17) is 16.3 Å². The summed E-state index contributed by atoms with van der Waals surface area (Å²) in [4.78, 5) is 45.7. The molecule has 6 nitrogen and oxygen atoms in total. The number of rotatable bonds is 5. The molecule has 0 aliphatic carbocycles. The van der Waals surface area contributed by atoms with Gasteiger partial charge in [-0.3, -0.25) is 14.4 Å². The highest BCUT2D eigenvalue weighted by Gasteiger charge is 2.70. The fraction of sp³-hybridized carbons (Fsp3) is 0.147. The van der Waals surface area contributed by atoms with Crippen LogP contribution >= 0.6 is 11.6 Å². The molecule has 7 rings (SSSR count). The van der Waals surface area contributed by atoms with E-state index in [2.05, 4.69) is 5.32 Å². The molecule has 1 fully saturated rings. The SMILES string of the molecule is COc1ccc(C(=O)[C@@H]2[C@H](C(=O)c3ccccc3Cl)[C@]3(C(=O)Nc4ccccc43)[C@H]3c4ccccc4C=CN23)cc1. The minimum Gasteiger partial charge on any atom is -0.497 e. The van der Waals surface area contributed by atoms with Gasteiger partial charge in [-0.2, -0.15) is 0 Å². The van der Waals surface area contributed by atoms with E-state index in [0.29, 0.717) is 22.6 Å². The molecule has 0 radical (unpaired) electrons. The average molecular weight is 561 g/mol. The topological polar surface area (TPSA) is 75.7 Å². The maximum absolute atomic E-state index is 14.8. The summed E-state index contributed by atoms with van der Waals surface area (Å²) in [5.74, 6) is -1.40. The Balaban J connectivity index is 1.53. The molecule has 4 atom stereocenters. The van der Waals surface area contributed by atoms with Crippen LogP contribution in [0.4, 0.5) is 5.69 Å². The number of ether oxygens (including phenoxy) is 1. The van der Waals surface area contributed by atoms with E-state index in [1.165, 1.54) is 0 Å². The molecule has 0 aromatic heterocycles. The Kier molecular flexibility index (Phi) is 5.84. The molecule has 7 heteroatoms. The standard InChI is InChI=1S/C34H25ClN2O4/c1-41-22-16-14-21(15-17-22)30(38)29-28(31(39)24-10-4-6-12-26(24)35)34(25-11-5-7-13-27(25)36-33(34)40)32-23-9-3-2-8-20(23)18-19-37(29)32/h2-19,28-29,32H,1H3,(H,36,40)/t28-,29+,32-,34+/m1/s1. The summed E-state index contributed by atoms with van der Waals surface area (Å²) < 4.78 is 5.30. The summed E-state index contributed by atoms with van der Waals surface area (Å²) in [7, 11) is 1.56. The van der Waals surface area contributed by atoms with Crippen LogP contribution in [-0.4, -0.2) is 35.5 Å². The molecular weight excluding hydrogens is 536 g/mol. The Bertz CT molecular complexity index is 1760. The third kappa shape index (κ3) is 3.54. The Morgan fingerprint density at radius 3 is 2.37 bits per heavy atom. The first kappa shape index (κ1) is 25.3. The van der Waals surface area contributed by atoms with Crippen molar-refractivity contribution in [3.63, 3.8) is 0 Å². The fourth-order valence-electron chi connectivity index (χ4n) is 6.92. The molecule has 1 amide bonds. The lowest BCUT2D eigenvalue weighted by Gasteiger charge is -2.38. The van der Waals surface area contributed by atoms with Gasteiger partial charge in [-0.25, -0.2) is 0 Å². The van der Waals surface area contributed by atoms with Crippen LogP contribution in [0.5, 0.6) is 5.75 Å². The quantitative estimate of drug-likeness (QED) is 0.289. The Hall–Kier alpha value is -4.68. The van der Waals surface area contributed by atoms with Crippen LogP contribution in [0.3, 0.4) is 0 Å². The number of halogens is 1. The van der Waals surface area contributed by atoms with Gasteiger partial charge in [-0.15, -0.1) is 0 Å². The van der Waals surface area contributed by atoms with Crippen LogP contribution in [0.15, 0.2) is 103 Å². The second-order valence-corrected chi connectivity index (χ2v) is 10.9. The average Bonchev–Trinajstić information content (AvgIpc) is 3.49. The van der Waals surface area contributed by atoms with Crippen molar-refractivity contribution in [2.24, 2.45) is 5.92 Å². The van der Waals surface area contributed by atoms with E-state index < -0.39 is 23.4 Å². The molecule has 3 aliphatic rings. The van der Waals surface area contributed by atoms with Gasteiger partial charge in [0.05, 0.1) is 24.1 Å². The van der Waals surface area contributed by atoms with Crippen LogP contribution in [0.2, 0.25) is 5.02 Å². The number of nitrogens with zero attached hydrogens (tertiary/aromatic N) is 1. The molecule has 0 bridgehead atoms. The maximum atomic E-state index is 14.8. The van der Waals surface area contributed by atoms with Crippen LogP contribution < -0.4 is 10.1 Å². The molecule has 1 saturated heterocycles. The lowest BCUT2D eigenvalue weighted by Crippen LogP contribution is -2.49. The van der Waals surface area contributed by atoms with Crippen LogP contribution in [0.25, 0.3) is 6.08 Å². The van der Waals surface area contributed by atoms with Crippen molar-refractivity contribution in [2.75, 3.05) is 12.4 Å². The minimum absolute atomic E-state index is 0.263. The fourth-order valence-corrected chi connectivity index (χ4v) is 7.15. The molecule has 1 N–H and O–H groups in total. The Morgan fingerprint density at radius 1 is 0.878 bits per heavy atom. The molecule has 0 unspecified atom stereocenters. The van der Waals surface area contributed by atoms with Gasteiger partial charge in [-0.05, 0) is 65.2 Å². The second kappa shape index (κ2) is 9.46. The minimum atomic E-state index is -1.40. The molecule has 3 heterocycles.